The van der Waals surface area contributed by atoms with E-state index in [1.807, 2.05) is 0 Å². The van der Waals surface area contributed by atoms with Crippen molar-refractivity contribution in [2.75, 3.05) is 5.73 Å². The molecule has 0 aromatic carbocycles. The van der Waals surface area contributed by atoms with Crippen molar-refractivity contribution in [1.82, 2.24) is 19.9 Å². The van der Waals surface area contributed by atoms with Crippen LogP contribution in [0.1, 0.15) is 26.6 Å². The lowest BCUT2D eigenvalue weighted by molar-refractivity contribution is 0.539. The predicted octanol–water partition coefficient (Wildman–Crippen LogP) is 2.30. The molecule has 0 saturated heterocycles. The molecule has 0 aliphatic rings. The molecule has 2 rings (SSSR count). The number of nitrogen functional groups attached to an aromatic ring is 1. The maximum atomic E-state index is 5.80. The molecule has 2 N–H and O–H groups in total. The highest BCUT2D eigenvalue weighted by molar-refractivity contribution is 7.99. The number of hydrogen-bond donors (Lipinski definition) is 1. The number of nitrogens with two attached hydrogens (primary N) is 1. The first kappa shape index (κ1) is 12.8. The van der Waals surface area contributed by atoms with Crippen LogP contribution >= 0.6 is 11.8 Å². The first-order valence-electron chi connectivity index (χ1n) is 5.55. The van der Waals surface area contributed by atoms with E-state index in [0.717, 1.165) is 10.9 Å². The van der Waals surface area contributed by atoms with Crippen LogP contribution in [0.15, 0.2) is 34.7 Å². The summed E-state index contributed by atoms with van der Waals surface area (Å²) < 4.78 is 0. The molecule has 0 aliphatic heterocycles. The van der Waals surface area contributed by atoms with E-state index < -0.39 is 0 Å². The minimum absolute atomic E-state index is 0.137. The van der Waals surface area contributed by atoms with Gasteiger partial charge in [-0.05, 0) is 17.8 Å². The molecular formula is C12H15N5S. The van der Waals surface area contributed by atoms with Crippen molar-refractivity contribution in [2.45, 2.75) is 36.4 Å². The molecule has 0 atom stereocenters. The lowest BCUT2D eigenvalue weighted by Crippen LogP contribution is -2.17. The van der Waals surface area contributed by atoms with Gasteiger partial charge < -0.3 is 5.73 Å². The fourth-order valence-corrected chi connectivity index (χ4v) is 1.99. The Bertz CT molecular complexity index is 536. The SMILES string of the molecule is CC(C)(C)c1nc(N)cc(Sc2ncccn2)n1. The molecule has 0 aliphatic carbocycles. The number of aromatic nitrogens is 4. The molecule has 0 unspecified atom stereocenters. The van der Waals surface area contributed by atoms with Crippen molar-refractivity contribution in [2.24, 2.45) is 0 Å². The fraction of sp³-hybridized carbons (Fsp3) is 0.333. The molecule has 0 bridgehead atoms. The molecule has 0 spiro atoms. The van der Waals surface area contributed by atoms with E-state index in [9.17, 15) is 0 Å². The minimum atomic E-state index is -0.137. The predicted molar refractivity (Wildman–Crippen MR) is 71.3 cm³/mol. The van der Waals surface area contributed by atoms with Gasteiger partial charge in [-0.1, -0.05) is 20.8 Å². The highest BCUT2D eigenvalue weighted by atomic mass is 32.2. The average molecular weight is 261 g/mol. The third-order valence-corrected chi connectivity index (χ3v) is 2.94. The van der Waals surface area contributed by atoms with E-state index in [0.29, 0.717) is 11.0 Å². The van der Waals surface area contributed by atoms with Crippen LogP contribution in [-0.4, -0.2) is 19.9 Å². The lowest BCUT2D eigenvalue weighted by Gasteiger charge is -2.17. The monoisotopic (exact) mass is 261 g/mol. The van der Waals surface area contributed by atoms with Crippen molar-refractivity contribution >= 4 is 17.6 Å². The van der Waals surface area contributed by atoms with Crippen molar-refractivity contribution in [3.05, 3.63) is 30.4 Å². The second-order valence-corrected chi connectivity index (χ2v) is 5.83. The van der Waals surface area contributed by atoms with Crippen molar-refractivity contribution in [3.8, 4) is 0 Å². The van der Waals surface area contributed by atoms with Crippen LogP contribution in [0.25, 0.3) is 0 Å². The van der Waals surface area contributed by atoms with Gasteiger partial charge in [0.25, 0.3) is 0 Å². The molecular weight excluding hydrogens is 246 g/mol. The Kier molecular flexibility index (Phi) is 3.47. The highest BCUT2D eigenvalue weighted by Gasteiger charge is 2.19. The molecule has 2 aromatic rings. The Morgan fingerprint density at radius 2 is 1.78 bits per heavy atom. The summed E-state index contributed by atoms with van der Waals surface area (Å²) >= 11 is 1.38. The molecule has 18 heavy (non-hydrogen) atoms. The van der Waals surface area contributed by atoms with Gasteiger partial charge in [-0.3, -0.25) is 0 Å². The summed E-state index contributed by atoms with van der Waals surface area (Å²) in [5, 5.41) is 1.41. The largest absolute Gasteiger partial charge is 0.384 e. The minimum Gasteiger partial charge on any atom is -0.384 e. The van der Waals surface area contributed by atoms with Crippen molar-refractivity contribution in [3.63, 3.8) is 0 Å². The molecule has 2 aromatic heterocycles. The van der Waals surface area contributed by atoms with Crippen LogP contribution in [0.2, 0.25) is 0 Å². The summed E-state index contributed by atoms with van der Waals surface area (Å²) in [4.78, 5) is 17.0. The summed E-state index contributed by atoms with van der Waals surface area (Å²) in [5.74, 6) is 1.19. The van der Waals surface area contributed by atoms with Gasteiger partial charge in [-0.2, -0.15) is 0 Å². The standard InChI is InChI=1S/C12H15N5S/c1-12(2,3)10-16-8(13)7-9(17-10)18-11-14-5-4-6-15-11/h4-7H,1-3H3,(H2,13,16,17). The summed E-state index contributed by atoms with van der Waals surface area (Å²) in [6, 6.07) is 3.51. The second kappa shape index (κ2) is 4.89. The van der Waals surface area contributed by atoms with Crippen LogP contribution in [0, 0.1) is 0 Å². The van der Waals surface area contributed by atoms with E-state index >= 15 is 0 Å². The van der Waals surface area contributed by atoms with E-state index in [1.54, 1.807) is 24.5 Å². The Hall–Kier alpha value is -1.69. The Morgan fingerprint density at radius 3 is 2.39 bits per heavy atom. The summed E-state index contributed by atoms with van der Waals surface area (Å²) in [7, 11) is 0. The lowest BCUT2D eigenvalue weighted by atomic mass is 9.96. The van der Waals surface area contributed by atoms with Gasteiger partial charge in [0, 0.05) is 23.9 Å². The molecule has 5 nitrogen and oxygen atoms in total. The normalized spacial score (nSPS) is 11.5. The molecule has 0 amide bonds. The quantitative estimate of drug-likeness (QED) is 0.660. The van der Waals surface area contributed by atoms with Crippen LogP contribution in [-0.2, 0) is 5.41 Å². The Labute approximate surface area is 110 Å². The number of hydrogen-bond acceptors (Lipinski definition) is 6. The van der Waals surface area contributed by atoms with Gasteiger partial charge in [0.05, 0.1) is 0 Å². The maximum absolute atomic E-state index is 5.80. The van der Waals surface area contributed by atoms with Crippen molar-refractivity contribution < 1.29 is 0 Å². The Morgan fingerprint density at radius 1 is 1.11 bits per heavy atom. The summed E-state index contributed by atoms with van der Waals surface area (Å²) in [6.07, 6.45) is 3.40. The van der Waals surface area contributed by atoms with Crippen LogP contribution in [0.3, 0.4) is 0 Å². The fourth-order valence-electron chi connectivity index (χ4n) is 1.26. The zero-order valence-electron chi connectivity index (χ0n) is 10.6. The number of anilines is 1. The van der Waals surface area contributed by atoms with Gasteiger partial charge in [-0.25, -0.2) is 19.9 Å². The van der Waals surface area contributed by atoms with Crippen LogP contribution in [0.5, 0.6) is 0 Å². The third kappa shape index (κ3) is 3.16. The maximum Gasteiger partial charge on any atom is 0.193 e. The Balaban J connectivity index is 2.32. The van der Waals surface area contributed by atoms with Gasteiger partial charge in [0.15, 0.2) is 5.16 Å². The highest BCUT2D eigenvalue weighted by Crippen LogP contribution is 2.26. The summed E-state index contributed by atoms with van der Waals surface area (Å²) in [6.45, 7) is 6.15. The van der Waals surface area contributed by atoms with Gasteiger partial charge in [0.1, 0.15) is 16.7 Å². The van der Waals surface area contributed by atoms with E-state index in [2.05, 4.69) is 40.7 Å². The van der Waals surface area contributed by atoms with E-state index in [-0.39, 0.29) is 5.41 Å². The molecule has 6 heteroatoms. The van der Waals surface area contributed by atoms with E-state index in [1.165, 1.54) is 11.8 Å². The smallest absolute Gasteiger partial charge is 0.193 e. The molecule has 0 radical (unpaired) electrons. The zero-order valence-corrected chi connectivity index (χ0v) is 11.4. The topological polar surface area (TPSA) is 77.6 Å². The third-order valence-electron chi connectivity index (χ3n) is 2.13. The number of rotatable bonds is 2. The second-order valence-electron chi connectivity index (χ2n) is 4.84. The van der Waals surface area contributed by atoms with Gasteiger partial charge >= 0.3 is 0 Å². The number of nitrogens with zero attached hydrogens (tertiary/aromatic N) is 4. The zero-order chi connectivity index (χ0) is 13.2. The molecule has 94 valence electrons. The average Bonchev–Trinajstić information content (AvgIpc) is 2.28. The van der Waals surface area contributed by atoms with Crippen molar-refractivity contribution in [1.29, 1.82) is 0 Å². The van der Waals surface area contributed by atoms with Crippen LogP contribution < -0.4 is 5.73 Å². The van der Waals surface area contributed by atoms with Gasteiger partial charge in [-0.15, -0.1) is 0 Å². The molecule has 0 fully saturated rings. The van der Waals surface area contributed by atoms with E-state index in [4.69, 9.17) is 5.73 Å². The van der Waals surface area contributed by atoms with Crippen LogP contribution in [0.4, 0.5) is 5.82 Å². The van der Waals surface area contributed by atoms with Gasteiger partial charge in [0.2, 0.25) is 0 Å². The molecule has 0 saturated carbocycles. The first-order valence-corrected chi connectivity index (χ1v) is 6.37. The molecule has 2 heterocycles. The first-order chi connectivity index (χ1) is 8.45. The summed E-state index contributed by atoms with van der Waals surface area (Å²) in [5.41, 5.74) is 5.67.